The number of carbonyl (C=O) groups is 1. The summed E-state index contributed by atoms with van der Waals surface area (Å²) in [5.74, 6) is 5.17. The number of aliphatic carboxylic acids is 1. The molecule has 0 saturated heterocycles. The Balaban J connectivity index is 1.86. The summed E-state index contributed by atoms with van der Waals surface area (Å²) in [4.78, 5) is 15.3. The highest BCUT2D eigenvalue weighted by Gasteiger charge is 2.51. The van der Waals surface area contributed by atoms with Gasteiger partial charge in [-0.2, -0.15) is 0 Å². The molecule has 0 aromatic carbocycles. The zero-order valence-electron chi connectivity index (χ0n) is 12.0. The van der Waals surface area contributed by atoms with E-state index in [0.717, 1.165) is 12.1 Å². The number of carboxylic acid groups (broad SMARTS) is 1. The summed E-state index contributed by atoms with van der Waals surface area (Å²) < 4.78 is 0. The lowest BCUT2D eigenvalue weighted by atomic mass is 9.71. The van der Waals surface area contributed by atoms with Gasteiger partial charge in [-0.05, 0) is 25.2 Å². The van der Waals surface area contributed by atoms with Crippen LogP contribution in [0.5, 0.6) is 0 Å². The first kappa shape index (κ1) is 15.8. The summed E-state index contributed by atoms with van der Waals surface area (Å²) in [5.41, 5.74) is 0.879. The summed E-state index contributed by atoms with van der Waals surface area (Å²) >= 11 is 0. The number of rotatable bonds is 5. The molecule has 2 aliphatic rings. The topological polar surface area (TPSA) is 99.4 Å². The van der Waals surface area contributed by atoms with E-state index in [1.807, 2.05) is 6.92 Å². The lowest BCUT2D eigenvalue weighted by Crippen LogP contribution is -2.36. The van der Waals surface area contributed by atoms with Crippen molar-refractivity contribution in [3.8, 4) is 11.8 Å². The molecular formula is C15H21NO5. The molecule has 2 fully saturated rings. The van der Waals surface area contributed by atoms with E-state index in [-0.39, 0.29) is 30.8 Å². The average molecular weight is 295 g/mol. The Morgan fingerprint density at radius 1 is 1.57 bits per heavy atom. The number of carboxylic acids is 1. The Morgan fingerprint density at radius 2 is 2.33 bits per heavy atom. The number of oxime groups is 1. The molecule has 5 unspecified atom stereocenters. The number of aliphatic hydroxyl groups excluding tert-OH is 2. The third-order valence-electron chi connectivity index (χ3n) is 4.15. The van der Waals surface area contributed by atoms with Crippen LogP contribution in [0.2, 0.25) is 0 Å². The zero-order chi connectivity index (χ0) is 15.4. The maximum absolute atomic E-state index is 10.4. The summed E-state index contributed by atoms with van der Waals surface area (Å²) in [6.45, 7) is 1.92. The monoisotopic (exact) mass is 295 g/mol. The van der Waals surface area contributed by atoms with Crippen molar-refractivity contribution in [3.05, 3.63) is 0 Å². The predicted molar refractivity (Wildman–Crippen MR) is 75.4 cm³/mol. The highest BCUT2D eigenvalue weighted by atomic mass is 16.6. The van der Waals surface area contributed by atoms with E-state index in [0.29, 0.717) is 12.8 Å². The van der Waals surface area contributed by atoms with Crippen LogP contribution < -0.4 is 0 Å². The fourth-order valence-corrected chi connectivity index (χ4v) is 2.87. The third-order valence-corrected chi connectivity index (χ3v) is 4.15. The van der Waals surface area contributed by atoms with Gasteiger partial charge in [-0.1, -0.05) is 23.9 Å². The molecule has 5 atom stereocenters. The van der Waals surface area contributed by atoms with Crippen LogP contribution in [0.25, 0.3) is 0 Å². The summed E-state index contributed by atoms with van der Waals surface area (Å²) in [6, 6.07) is 0. The number of hydrogen-bond acceptors (Lipinski definition) is 5. The Hall–Kier alpha value is -1.58. The second-order valence-electron chi connectivity index (χ2n) is 5.58. The van der Waals surface area contributed by atoms with Gasteiger partial charge in [0.15, 0.2) is 0 Å². The molecule has 0 amide bonds. The standard InChI is InChI=1S/C15H21NO5/c1-2-9(17)3-4-10-11-7-13(12(11)8-14(10)18)16-21-6-5-15(19)20/h9-12,14,17-18H,2,5-8H2,1H3,(H,19,20). The highest BCUT2D eigenvalue weighted by molar-refractivity contribution is 5.93. The van der Waals surface area contributed by atoms with E-state index >= 15 is 0 Å². The first-order chi connectivity index (χ1) is 10.0. The highest BCUT2D eigenvalue weighted by Crippen LogP contribution is 2.48. The maximum atomic E-state index is 10.4. The molecule has 21 heavy (non-hydrogen) atoms. The van der Waals surface area contributed by atoms with Crippen molar-refractivity contribution in [1.29, 1.82) is 0 Å². The smallest absolute Gasteiger partial charge is 0.306 e. The lowest BCUT2D eigenvalue weighted by Gasteiger charge is -2.33. The summed E-state index contributed by atoms with van der Waals surface area (Å²) in [5, 5.41) is 32.0. The van der Waals surface area contributed by atoms with E-state index in [2.05, 4.69) is 17.0 Å². The minimum atomic E-state index is -0.914. The maximum Gasteiger partial charge on any atom is 0.306 e. The van der Waals surface area contributed by atoms with Crippen LogP contribution in [0, 0.1) is 29.6 Å². The molecular weight excluding hydrogens is 274 g/mol. The molecule has 0 aromatic heterocycles. The quantitative estimate of drug-likeness (QED) is 0.392. The van der Waals surface area contributed by atoms with Crippen molar-refractivity contribution in [2.45, 2.75) is 44.8 Å². The van der Waals surface area contributed by atoms with Crippen LogP contribution >= 0.6 is 0 Å². The minimum Gasteiger partial charge on any atom is -0.481 e. The molecule has 0 radical (unpaired) electrons. The molecule has 0 aromatic rings. The van der Waals surface area contributed by atoms with Gasteiger partial charge in [0.05, 0.1) is 24.2 Å². The summed E-state index contributed by atoms with van der Waals surface area (Å²) in [7, 11) is 0. The normalized spacial score (nSPS) is 33.6. The first-order valence-electron chi connectivity index (χ1n) is 7.30. The summed E-state index contributed by atoms with van der Waals surface area (Å²) in [6.07, 6.45) is 0.695. The van der Waals surface area contributed by atoms with E-state index in [1.165, 1.54) is 0 Å². The van der Waals surface area contributed by atoms with Gasteiger partial charge in [0.25, 0.3) is 0 Å². The fraction of sp³-hybridized carbons (Fsp3) is 0.733. The third kappa shape index (κ3) is 3.74. The molecule has 6 heteroatoms. The van der Waals surface area contributed by atoms with Crippen LogP contribution in [0.4, 0.5) is 0 Å². The molecule has 2 aliphatic carbocycles. The van der Waals surface area contributed by atoms with Gasteiger partial charge in [0.2, 0.25) is 0 Å². The Morgan fingerprint density at radius 3 is 3.00 bits per heavy atom. The SMILES string of the molecule is CCC(O)C#CC1C(O)CC2C(=NOCCC(=O)O)CC21. The van der Waals surface area contributed by atoms with Crippen LogP contribution in [0.3, 0.4) is 0 Å². The van der Waals surface area contributed by atoms with Crippen molar-refractivity contribution in [2.24, 2.45) is 22.9 Å². The van der Waals surface area contributed by atoms with Gasteiger partial charge in [0.1, 0.15) is 12.7 Å². The van der Waals surface area contributed by atoms with E-state index < -0.39 is 18.2 Å². The number of hydrogen-bond donors (Lipinski definition) is 3. The van der Waals surface area contributed by atoms with Crippen LogP contribution in [-0.4, -0.2) is 45.8 Å². The number of aliphatic hydroxyl groups is 2. The van der Waals surface area contributed by atoms with Crippen LogP contribution in [0.1, 0.15) is 32.6 Å². The first-order valence-corrected chi connectivity index (χ1v) is 7.30. The lowest BCUT2D eigenvalue weighted by molar-refractivity contribution is -0.138. The molecule has 0 bridgehead atoms. The molecule has 0 aliphatic heterocycles. The minimum absolute atomic E-state index is 0.0602. The van der Waals surface area contributed by atoms with Gasteiger partial charge < -0.3 is 20.2 Å². The molecule has 6 nitrogen and oxygen atoms in total. The molecule has 2 saturated carbocycles. The molecule has 0 heterocycles. The predicted octanol–water partition coefficient (Wildman–Crippen LogP) is 0.625. The molecule has 2 rings (SSSR count). The second kappa shape index (κ2) is 6.92. The van der Waals surface area contributed by atoms with Crippen molar-refractivity contribution in [2.75, 3.05) is 6.61 Å². The van der Waals surface area contributed by atoms with E-state index in [4.69, 9.17) is 9.94 Å². The number of fused-ring (bicyclic) bond motifs is 1. The van der Waals surface area contributed by atoms with Crippen molar-refractivity contribution in [1.82, 2.24) is 0 Å². The Kier molecular flexibility index (Phi) is 5.21. The fourth-order valence-electron chi connectivity index (χ4n) is 2.87. The van der Waals surface area contributed by atoms with Crippen LogP contribution in [0.15, 0.2) is 5.16 Å². The molecule has 3 N–H and O–H groups in total. The molecule has 116 valence electrons. The molecule has 0 spiro atoms. The zero-order valence-corrected chi connectivity index (χ0v) is 12.0. The second-order valence-corrected chi connectivity index (χ2v) is 5.58. The average Bonchev–Trinajstić information content (AvgIpc) is 2.68. The van der Waals surface area contributed by atoms with E-state index in [9.17, 15) is 15.0 Å². The number of nitrogens with zero attached hydrogens (tertiary/aromatic N) is 1. The van der Waals surface area contributed by atoms with Crippen molar-refractivity contribution in [3.63, 3.8) is 0 Å². The van der Waals surface area contributed by atoms with Crippen molar-refractivity contribution < 1.29 is 25.0 Å². The Labute approximate surface area is 123 Å². The van der Waals surface area contributed by atoms with E-state index in [1.54, 1.807) is 0 Å². The van der Waals surface area contributed by atoms with Gasteiger partial charge in [-0.3, -0.25) is 4.79 Å². The largest absolute Gasteiger partial charge is 0.481 e. The van der Waals surface area contributed by atoms with Crippen LogP contribution in [-0.2, 0) is 9.63 Å². The van der Waals surface area contributed by atoms with Gasteiger partial charge >= 0.3 is 5.97 Å². The van der Waals surface area contributed by atoms with Crippen molar-refractivity contribution >= 4 is 11.7 Å². The van der Waals surface area contributed by atoms with Gasteiger partial charge in [0, 0.05) is 5.92 Å². The van der Waals surface area contributed by atoms with Gasteiger partial charge in [-0.25, -0.2) is 0 Å². The Bertz CT molecular complexity index is 478. The van der Waals surface area contributed by atoms with Gasteiger partial charge in [-0.15, -0.1) is 0 Å².